The third-order valence-corrected chi connectivity index (χ3v) is 1.70. The number of nitrogens with zero attached hydrogens (tertiary/aromatic N) is 4. The molecule has 0 radical (unpaired) electrons. The van der Waals surface area contributed by atoms with Crippen molar-refractivity contribution in [3.05, 3.63) is 5.82 Å². The van der Waals surface area contributed by atoms with E-state index in [1.54, 1.807) is 6.92 Å². The van der Waals surface area contributed by atoms with E-state index in [9.17, 15) is 18.0 Å². The number of ether oxygens (including phenoxy) is 2. The van der Waals surface area contributed by atoms with Crippen LogP contribution in [0.3, 0.4) is 0 Å². The van der Waals surface area contributed by atoms with Gasteiger partial charge in [0.25, 0.3) is 5.82 Å². The average molecular weight is 268 g/mol. The lowest BCUT2D eigenvalue weighted by molar-refractivity contribution is -0.174. The van der Waals surface area contributed by atoms with Crippen molar-refractivity contribution in [1.29, 1.82) is 0 Å². The molecule has 0 spiro atoms. The van der Waals surface area contributed by atoms with Crippen LogP contribution < -0.4 is 0 Å². The maximum Gasteiger partial charge on any atom is 0.411 e. The monoisotopic (exact) mass is 268 g/mol. The van der Waals surface area contributed by atoms with Gasteiger partial charge in [-0.05, 0) is 17.4 Å². The molecule has 0 bridgehead atoms. The number of esters is 1. The van der Waals surface area contributed by atoms with E-state index in [-0.39, 0.29) is 25.6 Å². The van der Waals surface area contributed by atoms with Gasteiger partial charge in [0.05, 0.1) is 19.8 Å². The van der Waals surface area contributed by atoms with Crippen LogP contribution in [0.5, 0.6) is 0 Å². The number of rotatable bonds is 6. The molecule has 0 aliphatic rings. The predicted octanol–water partition coefficient (Wildman–Crippen LogP) is 0.429. The van der Waals surface area contributed by atoms with Crippen molar-refractivity contribution in [1.82, 2.24) is 20.2 Å². The van der Waals surface area contributed by atoms with Gasteiger partial charge in [-0.1, -0.05) is 0 Å². The van der Waals surface area contributed by atoms with E-state index in [1.807, 2.05) is 0 Å². The highest BCUT2D eigenvalue weighted by Crippen LogP contribution is 2.14. The molecule has 0 aromatic carbocycles. The number of hydrogen-bond acceptors (Lipinski definition) is 6. The van der Waals surface area contributed by atoms with Gasteiger partial charge in [0, 0.05) is 0 Å². The summed E-state index contributed by atoms with van der Waals surface area (Å²) in [6.45, 7) is 0.0623. The van der Waals surface area contributed by atoms with Crippen LogP contribution >= 0.6 is 0 Å². The molecular formula is C8H11F3N4O3. The fourth-order valence-corrected chi connectivity index (χ4v) is 1.04. The van der Waals surface area contributed by atoms with Gasteiger partial charge < -0.3 is 9.47 Å². The number of hydrogen-bond donors (Lipinski definition) is 0. The average Bonchev–Trinajstić information content (AvgIpc) is 2.71. The topological polar surface area (TPSA) is 79.1 Å². The van der Waals surface area contributed by atoms with E-state index < -0.39 is 18.8 Å². The summed E-state index contributed by atoms with van der Waals surface area (Å²) in [6, 6.07) is 0. The first kappa shape index (κ1) is 14.4. The molecular weight excluding hydrogens is 257 g/mol. The molecule has 0 saturated carbocycles. The summed E-state index contributed by atoms with van der Waals surface area (Å²) in [5.41, 5.74) is 0. The Morgan fingerprint density at radius 1 is 1.44 bits per heavy atom. The molecule has 0 amide bonds. The number of halogens is 3. The molecule has 1 aromatic heterocycles. The lowest BCUT2D eigenvalue weighted by Gasteiger charge is -2.07. The fourth-order valence-electron chi connectivity index (χ4n) is 1.04. The second-order valence-electron chi connectivity index (χ2n) is 3.11. The summed E-state index contributed by atoms with van der Waals surface area (Å²) >= 11 is 0. The first-order valence-corrected chi connectivity index (χ1v) is 5.02. The Hall–Kier alpha value is -1.71. The third-order valence-electron chi connectivity index (χ3n) is 1.70. The molecule has 0 saturated heterocycles. The van der Waals surface area contributed by atoms with Crippen molar-refractivity contribution in [3.63, 3.8) is 0 Å². The molecule has 0 aliphatic heterocycles. The molecule has 1 aromatic rings. The molecule has 18 heavy (non-hydrogen) atoms. The smallest absolute Gasteiger partial charge is 0.411 e. The minimum atomic E-state index is -4.38. The zero-order valence-electron chi connectivity index (χ0n) is 9.48. The first-order valence-electron chi connectivity index (χ1n) is 5.02. The van der Waals surface area contributed by atoms with Crippen LogP contribution in [0.1, 0.15) is 17.5 Å². The Kier molecular flexibility index (Phi) is 5.01. The summed E-state index contributed by atoms with van der Waals surface area (Å²) in [4.78, 5) is 11.3. The van der Waals surface area contributed by atoms with E-state index >= 15 is 0 Å². The molecule has 0 aliphatic carbocycles. The standard InChI is InChI=1S/C8H11F3N4O3/c1-2-18-7(16)6-12-13-14-15(6)3-4-17-5-8(9,10)11/h2-5H2,1H3. The van der Waals surface area contributed by atoms with Crippen molar-refractivity contribution < 1.29 is 27.4 Å². The van der Waals surface area contributed by atoms with E-state index in [0.717, 1.165) is 4.68 Å². The molecule has 7 nitrogen and oxygen atoms in total. The van der Waals surface area contributed by atoms with Crippen LogP contribution in [0.4, 0.5) is 13.2 Å². The number of alkyl halides is 3. The van der Waals surface area contributed by atoms with Crippen LogP contribution in [-0.4, -0.2) is 52.2 Å². The Morgan fingerprint density at radius 3 is 2.78 bits per heavy atom. The SMILES string of the molecule is CCOC(=O)c1nnnn1CCOCC(F)(F)F. The summed E-state index contributed by atoms with van der Waals surface area (Å²) in [7, 11) is 0. The van der Waals surface area contributed by atoms with Gasteiger partial charge in [-0.3, -0.25) is 0 Å². The Labute approximate surface area is 99.9 Å². The van der Waals surface area contributed by atoms with Crippen LogP contribution in [0, 0.1) is 0 Å². The second kappa shape index (κ2) is 6.28. The van der Waals surface area contributed by atoms with Crippen LogP contribution in [0.2, 0.25) is 0 Å². The highest BCUT2D eigenvalue weighted by Gasteiger charge is 2.27. The number of carbonyl (C=O) groups excluding carboxylic acids is 1. The Balaban J connectivity index is 2.43. The number of aromatic nitrogens is 4. The maximum absolute atomic E-state index is 11.8. The van der Waals surface area contributed by atoms with Crippen molar-refractivity contribution in [2.75, 3.05) is 19.8 Å². The normalized spacial score (nSPS) is 11.6. The van der Waals surface area contributed by atoms with Gasteiger partial charge in [0.2, 0.25) is 0 Å². The highest BCUT2D eigenvalue weighted by molar-refractivity contribution is 5.85. The van der Waals surface area contributed by atoms with Crippen molar-refractivity contribution in [2.24, 2.45) is 0 Å². The number of carbonyl (C=O) groups is 1. The molecule has 10 heteroatoms. The van der Waals surface area contributed by atoms with Crippen LogP contribution in [0.25, 0.3) is 0 Å². The minimum Gasteiger partial charge on any atom is -0.460 e. The van der Waals surface area contributed by atoms with E-state index in [4.69, 9.17) is 0 Å². The largest absolute Gasteiger partial charge is 0.460 e. The molecule has 1 rings (SSSR count). The third kappa shape index (κ3) is 4.65. The van der Waals surface area contributed by atoms with Gasteiger partial charge in [-0.2, -0.15) is 13.2 Å². The second-order valence-corrected chi connectivity index (χ2v) is 3.11. The van der Waals surface area contributed by atoms with Crippen molar-refractivity contribution in [3.8, 4) is 0 Å². The molecule has 0 N–H and O–H groups in total. The fraction of sp³-hybridized carbons (Fsp3) is 0.750. The summed E-state index contributed by atoms with van der Waals surface area (Å²) < 4.78 is 45.4. The Morgan fingerprint density at radius 2 is 2.17 bits per heavy atom. The van der Waals surface area contributed by atoms with Gasteiger partial charge in [-0.15, -0.1) is 5.10 Å². The van der Waals surface area contributed by atoms with E-state index in [2.05, 4.69) is 25.0 Å². The molecule has 102 valence electrons. The Bertz CT molecular complexity index is 393. The lowest BCUT2D eigenvalue weighted by Crippen LogP contribution is -2.21. The van der Waals surface area contributed by atoms with Gasteiger partial charge in [0.1, 0.15) is 6.61 Å². The molecule has 0 atom stereocenters. The van der Waals surface area contributed by atoms with E-state index in [1.165, 1.54) is 0 Å². The summed E-state index contributed by atoms with van der Waals surface area (Å²) in [6.07, 6.45) is -4.38. The zero-order chi connectivity index (χ0) is 13.6. The molecule has 1 heterocycles. The van der Waals surface area contributed by atoms with Crippen molar-refractivity contribution in [2.45, 2.75) is 19.6 Å². The summed E-state index contributed by atoms with van der Waals surface area (Å²) in [5.74, 6) is -0.911. The van der Waals surface area contributed by atoms with Gasteiger partial charge >= 0.3 is 12.1 Å². The first-order chi connectivity index (χ1) is 8.44. The summed E-state index contributed by atoms with van der Waals surface area (Å²) in [5, 5.41) is 10.1. The van der Waals surface area contributed by atoms with Crippen LogP contribution in [0.15, 0.2) is 0 Å². The molecule has 0 fully saturated rings. The van der Waals surface area contributed by atoms with Gasteiger partial charge in [-0.25, -0.2) is 9.48 Å². The van der Waals surface area contributed by atoms with Gasteiger partial charge in [0.15, 0.2) is 0 Å². The number of tetrazole rings is 1. The minimum absolute atomic E-state index is 0.0722. The van der Waals surface area contributed by atoms with Crippen LogP contribution in [-0.2, 0) is 16.0 Å². The maximum atomic E-state index is 11.8. The van der Waals surface area contributed by atoms with E-state index in [0.29, 0.717) is 0 Å². The van der Waals surface area contributed by atoms with Crippen molar-refractivity contribution >= 4 is 5.97 Å². The molecule has 0 unspecified atom stereocenters. The zero-order valence-corrected chi connectivity index (χ0v) is 9.48. The quantitative estimate of drug-likeness (QED) is 0.550. The highest BCUT2D eigenvalue weighted by atomic mass is 19.4. The predicted molar refractivity (Wildman–Crippen MR) is 50.6 cm³/mol. The lowest BCUT2D eigenvalue weighted by atomic mass is 10.5.